The van der Waals surface area contributed by atoms with Gasteiger partial charge in [0.2, 0.25) is 0 Å². The minimum Gasteiger partial charge on any atom is -0.382 e. The van der Waals surface area contributed by atoms with E-state index in [2.05, 4.69) is 11.4 Å². The zero-order chi connectivity index (χ0) is 11.4. The van der Waals surface area contributed by atoms with Crippen LogP contribution in [0.4, 0.5) is 5.69 Å². The first-order valence-electron chi connectivity index (χ1n) is 5.33. The van der Waals surface area contributed by atoms with Crippen LogP contribution < -0.4 is 5.32 Å². The van der Waals surface area contributed by atoms with Crippen LogP contribution in [0.1, 0.15) is 18.4 Å². The minimum absolute atomic E-state index is 0.521. The molecule has 0 atom stereocenters. The summed E-state index contributed by atoms with van der Waals surface area (Å²) in [5, 5.41) is 12.9. The quantitative estimate of drug-likeness (QED) is 0.875. The van der Waals surface area contributed by atoms with Crippen molar-refractivity contribution in [2.24, 2.45) is 0 Å². The Labute approximate surface area is 105 Å². The van der Waals surface area contributed by atoms with Gasteiger partial charge in [0.05, 0.1) is 10.6 Å². The number of nitrogens with zero attached hydrogens (tertiary/aromatic N) is 1. The van der Waals surface area contributed by atoms with Crippen molar-refractivity contribution in [3.63, 3.8) is 0 Å². The van der Waals surface area contributed by atoms with E-state index in [0.717, 1.165) is 5.69 Å². The van der Waals surface area contributed by atoms with Gasteiger partial charge in [-0.1, -0.05) is 11.6 Å². The molecular weight excluding hydrogens is 240 g/mol. The average Bonchev–Trinajstić information content (AvgIpc) is 2.33. The molecule has 0 saturated carbocycles. The molecule has 0 radical (unpaired) electrons. The summed E-state index contributed by atoms with van der Waals surface area (Å²) in [6.45, 7) is 0. The van der Waals surface area contributed by atoms with Crippen LogP contribution in [-0.4, -0.2) is 17.5 Å². The lowest BCUT2D eigenvalue weighted by molar-refractivity contribution is 0.667. The summed E-state index contributed by atoms with van der Waals surface area (Å²) in [4.78, 5) is 0. The van der Waals surface area contributed by atoms with E-state index >= 15 is 0 Å². The first-order chi connectivity index (χ1) is 7.79. The molecule has 0 bridgehead atoms. The van der Waals surface area contributed by atoms with E-state index in [4.69, 9.17) is 16.9 Å². The van der Waals surface area contributed by atoms with Crippen LogP contribution in [0.2, 0.25) is 5.02 Å². The molecule has 0 amide bonds. The number of rotatable bonds is 2. The number of nitrogens with one attached hydrogen (secondary N) is 1. The van der Waals surface area contributed by atoms with Gasteiger partial charge in [0.25, 0.3) is 0 Å². The first kappa shape index (κ1) is 11.6. The van der Waals surface area contributed by atoms with Crippen molar-refractivity contribution in [2.75, 3.05) is 16.8 Å². The fourth-order valence-electron chi connectivity index (χ4n) is 1.78. The van der Waals surface area contributed by atoms with E-state index in [1.54, 1.807) is 6.07 Å². The lowest BCUT2D eigenvalue weighted by Gasteiger charge is -2.23. The van der Waals surface area contributed by atoms with Crippen molar-refractivity contribution in [2.45, 2.75) is 18.9 Å². The van der Waals surface area contributed by atoms with Gasteiger partial charge >= 0.3 is 0 Å². The van der Waals surface area contributed by atoms with E-state index in [1.165, 1.54) is 24.3 Å². The largest absolute Gasteiger partial charge is 0.382 e. The molecule has 1 aliphatic rings. The minimum atomic E-state index is 0.521. The summed E-state index contributed by atoms with van der Waals surface area (Å²) >= 11 is 7.89. The highest BCUT2D eigenvalue weighted by molar-refractivity contribution is 7.99. The predicted molar refractivity (Wildman–Crippen MR) is 70.1 cm³/mol. The first-order valence-corrected chi connectivity index (χ1v) is 6.87. The highest BCUT2D eigenvalue weighted by atomic mass is 35.5. The van der Waals surface area contributed by atoms with Crippen LogP contribution >= 0.6 is 23.4 Å². The number of hydrogen-bond donors (Lipinski definition) is 1. The average molecular weight is 253 g/mol. The van der Waals surface area contributed by atoms with Crippen molar-refractivity contribution in [1.29, 1.82) is 5.26 Å². The Kier molecular flexibility index (Phi) is 3.98. The second kappa shape index (κ2) is 5.47. The maximum absolute atomic E-state index is 8.88. The summed E-state index contributed by atoms with van der Waals surface area (Å²) in [5.41, 5.74) is 1.54. The molecule has 1 aromatic carbocycles. The number of thioether (sulfide) groups is 1. The van der Waals surface area contributed by atoms with Gasteiger partial charge in [-0.25, -0.2) is 0 Å². The maximum Gasteiger partial charge on any atom is 0.101 e. The lowest BCUT2D eigenvalue weighted by Crippen LogP contribution is -2.24. The Morgan fingerprint density at radius 2 is 2.12 bits per heavy atom. The van der Waals surface area contributed by atoms with Gasteiger partial charge < -0.3 is 5.32 Å². The van der Waals surface area contributed by atoms with Crippen molar-refractivity contribution in [1.82, 2.24) is 0 Å². The maximum atomic E-state index is 8.88. The molecule has 2 rings (SSSR count). The van der Waals surface area contributed by atoms with Gasteiger partial charge in [0.1, 0.15) is 6.07 Å². The van der Waals surface area contributed by atoms with Crippen LogP contribution in [-0.2, 0) is 0 Å². The van der Waals surface area contributed by atoms with Gasteiger partial charge in [0.15, 0.2) is 0 Å². The Balaban J connectivity index is 2.06. The molecule has 0 unspecified atom stereocenters. The Hall–Kier alpha value is -0.850. The molecule has 1 fully saturated rings. The van der Waals surface area contributed by atoms with Crippen molar-refractivity contribution >= 4 is 29.1 Å². The summed E-state index contributed by atoms with van der Waals surface area (Å²) in [7, 11) is 0. The molecule has 4 heteroatoms. The molecule has 1 N–H and O–H groups in total. The Morgan fingerprint density at radius 1 is 1.38 bits per heavy atom. The van der Waals surface area contributed by atoms with Crippen LogP contribution in [0, 0.1) is 11.3 Å². The summed E-state index contributed by atoms with van der Waals surface area (Å²) < 4.78 is 0. The molecule has 0 aromatic heterocycles. The van der Waals surface area contributed by atoms with Gasteiger partial charge in [-0.3, -0.25) is 0 Å². The van der Waals surface area contributed by atoms with Gasteiger partial charge in [0, 0.05) is 11.7 Å². The predicted octanol–water partition coefficient (Wildman–Crippen LogP) is 3.52. The van der Waals surface area contributed by atoms with Gasteiger partial charge in [-0.2, -0.15) is 17.0 Å². The summed E-state index contributed by atoms with van der Waals surface area (Å²) in [6.07, 6.45) is 2.38. The van der Waals surface area contributed by atoms with Crippen LogP contribution in [0.3, 0.4) is 0 Å². The third kappa shape index (κ3) is 2.84. The van der Waals surface area contributed by atoms with Crippen LogP contribution in [0.25, 0.3) is 0 Å². The molecule has 2 nitrogen and oxygen atoms in total. The zero-order valence-corrected chi connectivity index (χ0v) is 10.4. The van der Waals surface area contributed by atoms with E-state index in [9.17, 15) is 0 Å². The third-order valence-electron chi connectivity index (χ3n) is 2.68. The molecule has 0 spiro atoms. The second-order valence-electron chi connectivity index (χ2n) is 3.84. The van der Waals surface area contributed by atoms with E-state index in [0.29, 0.717) is 16.6 Å². The number of anilines is 1. The van der Waals surface area contributed by atoms with Crippen molar-refractivity contribution < 1.29 is 0 Å². The summed E-state index contributed by atoms with van der Waals surface area (Å²) in [5.74, 6) is 2.44. The van der Waals surface area contributed by atoms with E-state index in [-0.39, 0.29) is 0 Å². The normalized spacial score (nSPS) is 16.8. The Bertz CT molecular complexity index is 408. The second-order valence-corrected chi connectivity index (χ2v) is 5.47. The smallest absolute Gasteiger partial charge is 0.101 e. The molecular formula is C12H13ClN2S. The Morgan fingerprint density at radius 3 is 2.81 bits per heavy atom. The van der Waals surface area contributed by atoms with E-state index < -0.39 is 0 Å². The van der Waals surface area contributed by atoms with Crippen molar-refractivity contribution in [3.05, 3.63) is 28.8 Å². The number of benzene rings is 1. The molecule has 1 saturated heterocycles. The fourth-order valence-corrected chi connectivity index (χ4v) is 3.04. The molecule has 1 aliphatic heterocycles. The number of hydrogen-bond acceptors (Lipinski definition) is 3. The molecule has 1 aromatic rings. The zero-order valence-electron chi connectivity index (χ0n) is 8.87. The van der Waals surface area contributed by atoms with E-state index in [1.807, 2.05) is 23.9 Å². The molecule has 1 heterocycles. The lowest BCUT2D eigenvalue weighted by atomic mass is 10.1. The number of halogens is 1. The fraction of sp³-hybridized carbons (Fsp3) is 0.417. The van der Waals surface area contributed by atoms with Crippen molar-refractivity contribution in [3.8, 4) is 6.07 Å². The van der Waals surface area contributed by atoms with Gasteiger partial charge in [-0.05, 0) is 42.5 Å². The topological polar surface area (TPSA) is 35.8 Å². The molecule has 0 aliphatic carbocycles. The highest BCUT2D eigenvalue weighted by Gasteiger charge is 2.13. The van der Waals surface area contributed by atoms with Gasteiger partial charge in [-0.15, -0.1) is 0 Å². The number of nitriles is 1. The third-order valence-corrected chi connectivity index (χ3v) is 4.06. The SMILES string of the molecule is N#Cc1cc(NC2CCSCC2)ccc1Cl. The summed E-state index contributed by atoms with van der Waals surface area (Å²) in [6, 6.07) is 8.17. The highest BCUT2D eigenvalue weighted by Crippen LogP contribution is 2.24. The van der Waals surface area contributed by atoms with Crippen LogP contribution in [0.5, 0.6) is 0 Å². The standard InChI is InChI=1S/C12H13ClN2S/c13-12-2-1-11(7-9(12)8-14)15-10-3-5-16-6-4-10/h1-2,7,10,15H,3-6H2. The van der Waals surface area contributed by atoms with Crippen LogP contribution in [0.15, 0.2) is 18.2 Å². The molecule has 84 valence electrons. The molecule has 16 heavy (non-hydrogen) atoms. The monoisotopic (exact) mass is 252 g/mol.